The summed E-state index contributed by atoms with van der Waals surface area (Å²) >= 11 is 0. The number of nitrogens with zero attached hydrogens (tertiary/aromatic N) is 4. The van der Waals surface area contributed by atoms with Gasteiger partial charge in [-0.1, -0.05) is 6.92 Å². The molecule has 14 heteroatoms. The zero-order valence-electron chi connectivity index (χ0n) is 23.4. The highest BCUT2D eigenvalue weighted by Gasteiger charge is 2.45. The average molecular weight is 601 g/mol. The molecule has 0 unspecified atom stereocenters. The van der Waals surface area contributed by atoms with Crippen molar-refractivity contribution in [1.29, 1.82) is 0 Å². The number of alkyl halides is 3. The number of anilines is 2. The molecule has 4 N–H and O–H groups in total. The fraction of sp³-hybridized carbons (Fsp3) is 0.345. The standard InChI is InChI=1S/C29H28F4N6O4/c1-27(5-7-28(2,8-6-27)26(41)42)25-38-21(22-23(34)36-10-11-39(22)25)20-17(30)12-15(13-18(20)43-3)24(40)37-19-14-16(4-9-35-19)29(31,32)33/h4,9-14H,5-8H2,1-3H3,(H2,34,36)(H,41,42)(H,35,37,40). The molecular formula is C29H28F4N6O4. The van der Waals surface area contributed by atoms with Crippen molar-refractivity contribution in [2.45, 2.75) is 51.1 Å². The monoisotopic (exact) mass is 600 g/mol. The predicted molar refractivity (Wildman–Crippen MR) is 148 cm³/mol. The van der Waals surface area contributed by atoms with Gasteiger partial charge < -0.3 is 20.9 Å². The van der Waals surface area contributed by atoms with E-state index < -0.39 is 40.3 Å². The summed E-state index contributed by atoms with van der Waals surface area (Å²) in [5, 5.41) is 11.9. The number of carbonyl (C=O) groups is 2. The lowest BCUT2D eigenvalue weighted by atomic mass is 9.65. The summed E-state index contributed by atoms with van der Waals surface area (Å²) in [5.41, 5.74) is 3.86. The zero-order chi connectivity index (χ0) is 31.3. The highest BCUT2D eigenvalue weighted by molar-refractivity contribution is 6.05. The van der Waals surface area contributed by atoms with Crippen LogP contribution in [0.15, 0.2) is 42.9 Å². The van der Waals surface area contributed by atoms with Crippen molar-refractivity contribution in [2.75, 3.05) is 18.2 Å². The van der Waals surface area contributed by atoms with Crippen molar-refractivity contribution in [1.82, 2.24) is 19.4 Å². The molecule has 0 radical (unpaired) electrons. The molecule has 0 bridgehead atoms. The van der Waals surface area contributed by atoms with E-state index in [4.69, 9.17) is 15.5 Å². The van der Waals surface area contributed by atoms with Crippen molar-refractivity contribution in [2.24, 2.45) is 5.41 Å². The van der Waals surface area contributed by atoms with Crippen LogP contribution in [0.1, 0.15) is 61.3 Å². The number of pyridine rings is 1. The van der Waals surface area contributed by atoms with Crippen LogP contribution < -0.4 is 15.8 Å². The van der Waals surface area contributed by atoms with Gasteiger partial charge in [-0.3, -0.25) is 14.0 Å². The summed E-state index contributed by atoms with van der Waals surface area (Å²) in [6.07, 6.45) is 1.19. The first-order valence-corrected chi connectivity index (χ1v) is 13.3. The summed E-state index contributed by atoms with van der Waals surface area (Å²) in [4.78, 5) is 37.4. The highest BCUT2D eigenvalue weighted by atomic mass is 19.4. The lowest BCUT2D eigenvalue weighted by Gasteiger charge is -2.40. The summed E-state index contributed by atoms with van der Waals surface area (Å²) < 4.78 is 62.3. The minimum atomic E-state index is -4.65. The van der Waals surface area contributed by atoms with Gasteiger partial charge in [0.15, 0.2) is 0 Å². The largest absolute Gasteiger partial charge is 0.496 e. The number of ether oxygens (including phenoxy) is 1. The number of nitrogen functional groups attached to an aromatic ring is 1. The second-order valence-corrected chi connectivity index (χ2v) is 11.2. The van der Waals surface area contributed by atoms with Gasteiger partial charge in [0.25, 0.3) is 5.91 Å². The van der Waals surface area contributed by atoms with E-state index in [1.807, 2.05) is 6.92 Å². The van der Waals surface area contributed by atoms with Gasteiger partial charge in [-0.2, -0.15) is 13.2 Å². The first-order chi connectivity index (χ1) is 20.2. The number of halogens is 4. The Morgan fingerprint density at radius 2 is 1.79 bits per heavy atom. The second kappa shape index (κ2) is 10.5. The van der Waals surface area contributed by atoms with Gasteiger partial charge in [-0.25, -0.2) is 19.3 Å². The number of nitrogens with two attached hydrogens (primary N) is 1. The predicted octanol–water partition coefficient (Wildman–Crippen LogP) is 5.71. The van der Waals surface area contributed by atoms with Crippen LogP contribution in [0.2, 0.25) is 0 Å². The summed E-state index contributed by atoms with van der Waals surface area (Å²) in [6, 6.07) is 3.58. The second-order valence-electron chi connectivity index (χ2n) is 11.2. The van der Waals surface area contributed by atoms with Crippen LogP contribution >= 0.6 is 0 Å². The topological polar surface area (TPSA) is 145 Å². The van der Waals surface area contributed by atoms with Gasteiger partial charge in [-0.15, -0.1) is 0 Å². The number of hydrogen-bond acceptors (Lipinski definition) is 7. The van der Waals surface area contributed by atoms with Gasteiger partial charge in [-0.05, 0) is 56.9 Å². The van der Waals surface area contributed by atoms with E-state index in [2.05, 4.69) is 15.3 Å². The quantitative estimate of drug-likeness (QED) is 0.239. The summed E-state index contributed by atoms with van der Waals surface area (Å²) in [7, 11) is 1.27. The van der Waals surface area contributed by atoms with Crippen LogP contribution in [0, 0.1) is 11.2 Å². The third-order valence-corrected chi connectivity index (χ3v) is 8.20. The minimum Gasteiger partial charge on any atom is -0.496 e. The summed E-state index contributed by atoms with van der Waals surface area (Å²) in [6.45, 7) is 3.68. The van der Waals surface area contributed by atoms with E-state index >= 15 is 4.39 Å². The molecule has 1 saturated carbocycles. The van der Waals surface area contributed by atoms with E-state index in [1.54, 1.807) is 17.5 Å². The van der Waals surface area contributed by atoms with Gasteiger partial charge in [0.2, 0.25) is 0 Å². The molecule has 0 aliphatic heterocycles. The van der Waals surface area contributed by atoms with Crippen molar-refractivity contribution >= 4 is 29.0 Å². The number of nitrogens with one attached hydrogen (secondary N) is 1. The molecule has 3 heterocycles. The fourth-order valence-electron chi connectivity index (χ4n) is 5.42. The number of amides is 1. The number of aromatic nitrogens is 4. The van der Waals surface area contributed by atoms with Gasteiger partial charge >= 0.3 is 12.1 Å². The van der Waals surface area contributed by atoms with Crippen molar-refractivity contribution in [3.63, 3.8) is 0 Å². The molecule has 4 aromatic rings. The molecule has 0 saturated heterocycles. The molecule has 3 aromatic heterocycles. The SMILES string of the molecule is COc1cc(C(=O)Nc2cc(C(F)(F)F)ccn2)cc(F)c1-c1nc(C2(C)CCC(C)(C(=O)O)CC2)n2ccnc(N)c12. The molecule has 0 atom stereocenters. The Balaban J connectivity index is 1.56. The number of rotatable bonds is 6. The van der Waals surface area contributed by atoms with E-state index in [0.717, 1.165) is 18.3 Å². The van der Waals surface area contributed by atoms with Crippen molar-refractivity contribution in [3.8, 4) is 17.0 Å². The Morgan fingerprint density at radius 1 is 1.09 bits per heavy atom. The van der Waals surface area contributed by atoms with Gasteiger partial charge in [0.1, 0.15) is 40.2 Å². The molecule has 10 nitrogen and oxygen atoms in total. The van der Waals surface area contributed by atoms with Crippen LogP contribution in [-0.4, -0.2) is 43.4 Å². The lowest BCUT2D eigenvalue weighted by Crippen LogP contribution is -2.39. The molecule has 1 aliphatic rings. The molecule has 43 heavy (non-hydrogen) atoms. The molecule has 0 spiro atoms. The number of imidazole rings is 1. The minimum absolute atomic E-state index is 0.0601. The Labute approximate surface area is 242 Å². The Morgan fingerprint density at radius 3 is 2.42 bits per heavy atom. The number of fused-ring (bicyclic) bond motifs is 1. The van der Waals surface area contributed by atoms with Crippen LogP contribution in [-0.2, 0) is 16.4 Å². The fourth-order valence-corrected chi connectivity index (χ4v) is 5.42. The molecule has 5 rings (SSSR count). The number of methoxy groups -OCH3 is 1. The first kappa shape index (κ1) is 29.7. The van der Waals surface area contributed by atoms with Crippen LogP contribution in [0.3, 0.4) is 0 Å². The maximum atomic E-state index is 15.9. The average Bonchev–Trinajstić information content (AvgIpc) is 3.35. The van der Waals surface area contributed by atoms with E-state index in [-0.39, 0.29) is 34.2 Å². The van der Waals surface area contributed by atoms with E-state index in [9.17, 15) is 27.9 Å². The zero-order valence-corrected chi connectivity index (χ0v) is 23.4. The maximum absolute atomic E-state index is 15.9. The van der Waals surface area contributed by atoms with E-state index in [1.165, 1.54) is 19.4 Å². The van der Waals surface area contributed by atoms with Crippen LogP contribution in [0.25, 0.3) is 16.8 Å². The van der Waals surface area contributed by atoms with Crippen LogP contribution in [0.5, 0.6) is 5.75 Å². The van der Waals surface area contributed by atoms with Crippen molar-refractivity contribution < 1.29 is 37.0 Å². The molecule has 1 amide bonds. The number of hydrogen-bond donors (Lipinski definition) is 3. The third kappa shape index (κ3) is 5.32. The number of carboxylic acids is 1. The Kier molecular flexibility index (Phi) is 7.27. The molecule has 226 valence electrons. The molecule has 1 aliphatic carbocycles. The number of carbonyl (C=O) groups excluding carboxylic acids is 1. The van der Waals surface area contributed by atoms with Crippen LogP contribution in [0.4, 0.5) is 29.2 Å². The normalized spacial score (nSPS) is 20.6. The lowest BCUT2D eigenvalue weighted by molar-refractivity contribution is -0.150. The van der Waals surface area contributed by atoms with Crippen molar-refractivity contribution in [3.05, 3.63) is 65.6 Å². The maximum Gasteiger partial charge on any atom is 0.416 e. The molecule has 1 fully saturated rings. The van der Waals surface area contributed by atoms with E-state index in [0.29, 0.717) is 43.1 Å². The first-order valence-electron chi connectivity index (χ1n) is 13.3. The number of carboxylic acid groups (broad SMARTS) is 1. The smallest absolute Gasteiger partial charge is 0.416 e. The highest BCUT2D eigenvalue weighted by Crippen LogP contribution is 2.48. The Hall–Kier alpha value is -4.75. The molecule has 1 aromatic carbocycles. The number of benzene rings is 1. The molecular weight excluding hydrogens is 572 g/mol. The van der Waals surface area contributed by atoms with Gasteiger partial charge in [0.05, 0.1) is 23.7 Å². The number of aliphatic carboxylic acids is 1. The summed E-state index contributed by atoms with van der Waals surface area (Å²) in [5.74, 6) is -2.53. The van der Waals surface area contributed by atoms with Gasteiger partial charge in [0, 0.05) is 29.6 Å². The Bertz CT molecular complexity index is 1750. The third-order valence-electron chi connectivity index (χ3n) is 8.20.